The first kappa shape index (κ1) is 15.2. The van der Waals surface area contributed by atoms with Crippen LogP contribution in [-0.2, 0) is 10.0 Å². The van der Waals surface area contributed by atoms with Crippen LogP contribution in [0.1, 0.15) is 0 Å². The van der Waals surface area contributed by atoms with Crippen molar-refractivity contribution in [2.45, 2.75) is 4.21 Å². The fourth-order valence-corrected chi connectivity index (χ4v) is 4.20. The minimum absolute atomic E-state index is 0.160. The smallest absolute Gasteiger partial charge is 0.304 e. The lowest BCUT2D eigenvalue weighted by Crippen LogP contribution is -2.26. The standard InChI is InChI=1S/C11H10FN3O4S2/c1-14(8-5-3-2-4-7(8)12)21(18,19)10-6-9(15(16)17)11(13)20-10/h2-6H,13H2,1H3. The lowest BCUT2D eigenvalue weighted by molar-refractivity contribution is -0.383. The van der Waals surface area contributed by atoms with Crippen LogP contribution >= 0.6 is 11.3 Å². The largest absolute Gasteiger partial charge is 0.385 e. The normalized spacial score (nSPS) is 11.3. The van der Waals surface area contributed by atoms with E-state index in [1.807, 2.05) is 0 Å². The summed E-state index contributed by atoms with van der Waals surface area (Å²) in [6, 6.07) is 6.18. The molecule has 0 radical (unpaired) electrons. The molecule has 1 aromatic carbocycles. The Balaban J connectivity index is 2.50. The van der Waals surface area contributed by atoms with Gasteiger partial charge >= 0.3 is 5.69 Å². The van der Waals surface area contributed by atoms with Gasteiger partial charge in [0.2, 0.25) is 0 Å². The van der Waals surface area contributed by atoms with Crippen molar-refractivity contribution in [1.29, 1.82) is 0 Å². The van der Waals surface area contributed by atoms with Gasteiger partial charge in [-0.2, -0.15) is 0 Å². The molecule has 0 unspecified atom stereocenters. The van der Waals surface area contributed by atoms with Gasteiger partial charge in [0.1, 0.15) is 10.0 Å². The van der Waals surface area contributed by atoms with Gasteiger partial charge in [-0.15, -0.1) is 0 Å². The van der Waals surface area contributed by atoms with Crippen LogP contribution in [0, 0.1) is 15.9 Å². The first-order chi connectivity index (χ1) is 9.75. The van der Waals surface area contributed by atoms with Crippen LogP contribution in [-0.4, -0.2) is 20.4 Å². The molecule has 2 rings (SSSR count). The third-order valence-electron chi connectivity index (χ3n) is 2.72. The van der Waals surface area contributed by atoms with E-state index in [-0.39, 0.29) is 14.9 Å². The van der Waals surface area contributed by atoms with Crippen molar-refractivity contribution in [2.24, 2.45) is 0 Å². The van der Waals surface area contributed by atoms with Gasteiger partial charge in [-0.05, 0) is 12.1 Å². The molecule has 0 saturated carbocycles. The zero-order valence-corrected chi connectivity index (χ0v) is 12.3. The van der Waals surface area contributed by atoms with Crippen molar-refractivity contribution in [1.82, 2.24) is 0 Å². The Bertz CT molecular complexity index is 804. The van der Waals surface area contributed by atoms with Crippen LogP contribution < -0.4 is 10.0 Å². The summed E-state index contributed by atoms with van der Waals surface area (Å²) in [7, 11) is -2.96. The molecular weight excluding hydrogens is 321 g/mol. The summed E-state index contributed by atoms with van der Waals surface area (Å²) in [6.45, 7) is 0. The molecular formula is C11H10FN3O4S2. The van der Waals surface area contributed by atoms with E-state index in [0.717, 1.165) is 23.5 Å². The van der Waals surface area contributed by atoms with Crippen molar-refractivity contribution < 1.29 is 17.7 Å². The Morgan fingerprint density at radius 2 is 2.00 bits per heavy atom. The lowest BCUT2D eigenvalue weighted by atomic mass is 10.3. The Labute approximate surface area is 123 Å². The second-order valence-electron chi connectivity index (χ2n) is 4.00. The van der Waals surface area contributed by atoms with Crippen LogP contribution in [0.15, 0.2) is 34.5 Å². The lowest BCUT2D eigenvalue weighted by Gasteiger charge is -2.18. The van der Waals surface area contributed by atoms with Crippen LogP contribution in [0.4, 0.5) is 20.8 Å². The molecule has 21 heavy (non-hydrogen) atoms. The monoisotopic (exact) mass is 331 g/mol. The third kappa shape index (κ3) is 2.67. The molecule has 0 aliphatic carbocycles. The van der Waals surface area contributed by atoms with E-state index in [1.54, 1.807) is 0 Å². The summed E-state index contributed by atoms with van der Waals surface area (Å²) < 4.78 is 38.8. The summed E-state index contributed by atoms with van der Waals surface area (Å²) in [6.07, 6.45) is 0. The van der Waals surface area contributed by atoms with Crippen molar-refractivity contribution in [2.75, 3.05) is 17.1 Å². The SMILES string of the molecule is CN(c1ccccc1F)S(=O)(=O)c1cc([N+](=O)[O-])c(N)s1. The first-order valence-electron chi connectivity index (χ1n) is 5.52. The Morgan fingerprint density at radius 3 is 2.52 bits per heavy atom. The second kappa shape index (κ2) is 5.30. The predicted molar refractivity (Wildman–Crippen MR) is 77.4 cm³/mol. The number of nitrogen functional groups attached to an aromatic ring is 1. The highest BCUT2D eigenvalue weighted by molar-refractivity contribution is 7.94. The van der Waals surface area contributed by atoms with Crippen LogP contribution in [0.3, 0.4) is 0 Å². The molecule has 0 saturated heterocycles. The van der Waals surface area contributed by atoms with Crippen molar-refractivity contribution in [3.8, 4) is 0 Å². The van der Waals surface area contributed by atoms with E-state index in [0.29, 0.717) is 11.3 Å². The fraction of sp³-hybridized carbons (Fsp3) is 0.0909. The van der Waals surface area contributed by atoms with Gasteiger partial charge in [-0.1, -0.05) is 23.5 Å². The number of sulfonamides is 1. The average Bonchev–Trinajstić information content (AvgIpc) is 2.81. The molecule has 2 N–H and O–H groups in total. The number of nitro groups is 1. The number of nitrogens with zero attached hydrogens (tertiary/aromatic N) is 2. The third-order valence-corrected chi connectivity index (χ3v) is 5.89. The average molecular weight is 331 g/mol. The number of para-hydroxylation sites is 1. The molecule has 0 fully saturated rings. The quantitative estimate of drug-likeness (QED) is 0.683. The van der Waals surface area contributed by atoms with Crippen LogP contribution in [0.25, 0.3) is 0 Å². The van der Waals surface area contributed by atoms with Gasteiger partial charge < -0.3 is 5.73 Å². The van der Waals surface area contributed by atoms with Gasteiger partial charge in [-0.25, -0.2) is 12.8 Å². The van der Waals surface area contributed by atoms with E-state index < -0.39 is 26.5 Å². The Morgan fingerprint density at radius 1 is 1.38 bits per heavy atom. The zero-order chi connectivity index (χ0) is 15.8. The predicted octanol–water partition coefficient (Wildman–Crippen LogP) is 2.20. The van der Waals surface area contributed by atoms with E-state index in [9.17, 15) is 22.9 Å². The maximum atomic E-state index is 13.7. The highest BCUT2D eigenvalue weighted by Crippen LogP contribution is 2.36. The first-order valence-corrected chi connectivity index (χ1v) is 7.78. The number of anilines is 2. The number of hydrogen-bond donors (Lipinski definition) is 1. The highest BCUT2D eigenvalue weighted by Gasteiger charge is 2.29. The van der Waals surface area contributed by atoms with E-state index in [2.05, 4.69) is 0 Å². The fourth-order valence-electron chi connectivity index (χ4n) is 1.61. The second-order valence-corrected chi connectivity index (χ2v) is 7.28. The van der Waals surface area contributed by atoms with Gasteiger partial charge in [0.25, 0.3) is 10.0 Å². The number of nitrogens with two attached hydrogens (primary N) is 1. The molecule has 1 heterocycles. The summed E-state index contributed by atoms with van der Waals surface area (Å²) >= 11 is 0.563. The minimum Gasteiger partial charge on any atom is -0.385 e. The molecule has 112 valence electrons. The van der Waals surface area contributed by atoms with Crippen molar-refractivity contribution >= 4 is 37.7 Å². The van der Waals surface area contributed by atoms with Crippen molar-refractivity contribution in [3.63, 3.8) is 0 Å². The summed E-state index contributed by atoms with van der Waals surface area (Å²) in [5.74, 6) is -0.720. The maximum absolute atomic E-state index is 13.7. The molecule has 0 amide bonds. The summed E-state index contributed by atoms with van der Waals surface area (Å²) in [5.41, 5.74) is 4.78. The summed E-state index contributed by atoms with van der Waals surface area (Å²) in [4.78, 5) is 9.95. The van der Waals surface area contributed by atoms with Gasteiger partial charge in [-0.3, -0.25) is 14.4 Å². The van der Waals surface area contributed by atoms with Crippen LogP contribution in [0.2, 0.25) is 0 Å². The maximum Gasteiger partial charge on any atom is 0.304 e. The van der Waals surface area contributed by atoms with Gasteiger partial charge in [0.15, 0.2) is 5.00 Å². The van der Waals surface area contributed by atoms with Gasteiger partial charge in [0, 0.05) is 13.1 Å². The van der Waals surface area contributed by atoms with Crippen LogP contribution in [0.5, 0.6) is 0 Å². The Kier molecular flexibility index (Phi) is 3.83. The molecule has 0 aliphatic heterocycles. The molecule has 0 atom stereocenters. The van der Waals surface area contributed by atoms with E-state index in [4.69, 9.17) is 5.73 Å². The molecule has 10 heteroatoms. The van der Waals surface area contributed by atoms with E-state index in [1.165, 1.54) is 18.2 Å². The van der Waals surface area contributed by atoms with Crippen molar-refractivity contribution in [3.05, 3.63) is 46.3 Å². The molecule has 2 aromatic rings. The molecule has 0 bridgehead atoms. The minimum atomic E-state index is -4.12. The number of thiophene rings is 1. The highest BCUT2D eigenvalue weighted by atomic mass is 32.2. The molecule has 0 spiro atoms. The van der Waals surface area contributed by atoms with Gasteiger partial charge in [0.05, 0.1) is 10.6 Å². The topological polar surface area (TPSA) is 107 Å². The number of halogens is 1. The Hall–Kier alpha value is -2.20. The molecule has 0 aliphatic rings. The molecule has 1 aromatic heterocycles. The number of rotatable bonds is 4. The summed E-state index contributed by atoms with van der Waals surface area (Å²) in [5, 5.41) is 10.5. The zero-order valence-electron chi connectivity index (χ0n) is 10.7. The molecule has 7 nitrogen and oxygen atoms in total. The van der Waals surface area contributed by atoms with E-state index >= 15 is 0 Å². The number of hydrogen-bond acceptors (Lipinski definition) is 6. The number of benzene rings is 1.